The van der Waals surface area contributed by atoms with Gasteiger partial charge in [0.05, 0.1) is 0 Å². The third-order valence-corrected chi connectivity index (χ3v) is 4.61. The Morgan fingerprint density at radius 3 is 2.44 bits per heavy atom. The number of carbonyl (C=O) groups excluding carboxylic acids is 1. The van der Waals surface area contributed by atoms with Crippen molar-refractivity contribution in [3.63, 3.8) is 0 Å². The standard InChI is InChI=1S/C21H28N2O2/c1-16(15-21(3,4)18-10-6-5-7-11-18)22-19(24)13-14-23-17(2)9-8-12-20(23)25/h5-12,16H,13-15H2,1-4H3,(H,22,24)/t16-/m1/s1. The molecule has 0 bridgehead atoms. The van der Waals surface area contributed by atoms with Crippen molar-refractivity contribution in [1.82, 2.24) is 9.88 Å². The smallest absolute Gasteiger partial charge is 0.250 e. The second kappa shape index (κ2) is 8.15. The van der Waals surface area contributed by atoms with Gasteiger partial charge < -0.3 is 9.88 Å². The van der Waals surface area contributed by atoms with E-state index in [0.717, 1.165) is 12.1 Å². The molecular formula is C21H28N2O2. The lowest BCUT2D eigenvalue weighted by Crippen LogP contribution is -2.38. The summed E-state index contributed by atoms with van der Waals surface area (Å²) in [6, 6.07) is 15.6. The van der Waals surface area contributed by atoms with E-state index in [1.54, 1.807) is 10.6 Å². The predicted molar refractivity (Wildman–Crippen MR) is 102 cm³/mol. The van der Waals surface area contributed by atoms with Crippen LogP contribution in [0.1, 0.15) is 44.9 Å². The summed E-state index contributed by atoms with van der Waals surface area (Å²) in [6.07, 6.45) is 1.16. The Bertz CT molecular complexity index is 763. The predicted octanol–water partition coefficient (Wildman–Crippen LogP) is 3.42. The van der Waals surface area contributed by atoms with Gasteiger partial charge in [-0.15, -0.1) is 0 Å². The van der Waals surface area contributed by atoms with Gasteiger partial charge in [0.25, 0.3) is 5.56 Å². The number of carbonyl (C=O) groups is 1. The normalized spacial score (nSPS) is 12.6. The molecule has 2 rings (SSSR count). The van der Waals surface area contributed by atoms with Crippen molar-refractivity contribution in [3.05, 3.63) is 70.1 Å². The van der Waals surface area contributed by atoms with Crippen LogP contribution in [-0.4, -0.2) is 16.5 Å². The first-order chi connectivity index (χ1) is 11.8. The van der Waals surface area contributed by atoms with E-state index in [4.69, 9.17) is 0 Å². The summed E-state index contributed by atoms with van der Waals surface area (Å²) < 4.78 is 1.64. The topological polar surface area (TPSA) is 51.1 Å². The molecule has 0 fully saturated rings. The molecule has 1 aromatic carbocycles. The van der Waals surface area contributed by atoms with E-state index in [-0.39, 0.29) is 22.9 Å². The second-order valence-corrected chi connectivity index (χ2v) is 7.33. The SMILES string of the molecule is Cc1cccc(=O)n1CCC(=O)N[C@H](C)CC(C)(C)c1ccccc1. The fraction of sp³-hybridized carbons (Fsp3) is 0.429. The van der Waals surface area contributed by atoms with Crippen LogP contribution in [0.2, 0.25) is 0 Å². The van der Waals surface area contributed by atoms with Crippen molar-refractivity contribution in [2.24, 2.45) is 0 Å². The lowest BCUT2D eigenvalue weighted by molar-refractivity contribution is -0.122. The van der Waals surface area contributed by atoms with Crippen molar-refractivity contribution in [2.45, 2.75) is 58.5 Å². The second-order valence-electron chi connectivity index (χ2n) is 7.33. The molecule has 1 atom stereocenters. The number of amides is 1. The summed E-state index contributed by atoms with van der Waals surface area (Å²) in [5.74, 6) is -0.0217. The van der Waals surface area contributed by atoms with Crippen LogP contribution in [0.3, 0.4) is 0 Å². The molecule has 0 radical (unpaired) electrons. The molecule has 1 amide bonds. The monoisotopic (exact) mass is 340 g/mol. The summed E-state index contributed by atoms with van der Waals surface area (Å²) in [6.45, 7) is 8.70. The number of benzene rings is 1. The number of hydrogen-bond acceptors (Lipinski definition) is 2. The van der Waals surface area contributed by atoms with Gasteiger partial charge in [-0.05, 0) is 37.3 Å². The Kier molecular flexibility index (Phi) is 6.18. The maximum atomic E-state index is 12.2. The van der Waals surface area contributed by atoms with Gasteiger partial charge >= 0.3 is 0 Å². The molecule has 25 heavy (non-hydrogen) atoms. The average Bonchev–Trinajstić information content (AvgIpc) is 2.54. The summed E-state index contributed by atoms with van der Waals surface area (Å²) in [5, 5.41) is 3.06. The minimum Gasteiger partial charge on any atom is -0.354 e. The lowest BCUT2D eigenvalue weighted by Gasteiger charge is -2.29. The molecule has 0 spiro atoms. The van der Waals surface area contributed by atoms with Gasteiger partial charge in [0.2, 0.25) is 5.91 Å². The fourth-order valence-corrected chi connectivity index (χ4v) is 3.29. The lowest BCUT2D eigenvalue weighted by atomic mass is 9.79. The van der Waals surface area contributed by atoms with Gasteiger partial charge in [-0.25, -0.2) is 0 Å². The zero-order valence-corrected chi connectivity index (χ0v) is 15.6. The molecule has 1 heterocycles. The van der Waals surface area contributed by atoms with Crippen LogP contribution in [0, 0.1) is 6.92 Å². The van der Waals surface area contributed by atoms with Crippen molar-refractivity contribution in [2.75, 3.05) is 0 Å². The number of rotatable bonds is 7. The molecule has 134 valence electrons. The quantitative estimate of drug-likeness (QED) is 0.839. The molecule has 2 aromatic rings. The van der Waals surface area contributed by atoms with Gasteiger partial charge in [0.1, 0.15) is 0 Å². The number of aryl methyl sites for hydroxylation is 1. The summed E-state index contributed by atoms with van der Waals surface area (Å²) in [7, 11) is 0. The molecule has 4 heteroatoms. The van der Waals surface area contributed by atoms with E-state index in [2.05, 4.69) is 31.3 Å². The van der Waals surface area contributed by atoms with Crippen LogP contribution in [0.15, 0.2) is 53.3 Å². The zero-order valence-electron chi connectivity index (χ0n) is 15.6. The Balaban J connectivity index is 1.89. The molecule has 4 nitrogen and oxygen atoms in total. The molecule has 1 N–H and O–H groups in total. The molecule has 0 unspecified atom stereocenters. The van der Waals surface area contributed by atoms with E-state index in [1.807, 2.05) is 38.1 Å². The van der Waals surface area contributed by atoms with Crippen LogP contribution in [0.25, 0.3) is 0 Å². The highest BCUT2D eigenvalue weighted by molar-refractivity contribution is 5.76. The highest BCUT2D eigenvalue weighted by atomic mass is 16.2. The van der Waals surface area contributed by atoms with Gasteiger partial charge in [0, 0.05) is 30.8 Å². The molecule has 0 saturated carbocycles. The van der Waals surface area contributed by atoms with Crippen molar-refractivity contribution < 1.29 is 4.79 Å². The minimum atomic E-state index is -0.0638. The van der Waals surface area contributed by atoms with Crippen LogP contribution >= 0.6 is 0 Å². The molecule has 1 aromatic heterocycles. The maximum absolute atomic E-state index is 12.2. The number of nitrogens with one attached hydrogen (secondary N) is 1. The van der Waals surface area contributed by atoms with Crippen LogP contribution in [0.5, 0.6) is 0 Å². The van der Waals surface area contributed by atoms with Gasteiger partial charge in [-0.2, -0.15) is 0 Å². The van der Waals surface area contributed by atoms with Crippen LogP contribution in [0.4, 0.5) is 0 Å². The van der Waals surface area contributed by atoms with Gasteiger partial charge in [-0.1, -0.05) is 50.2 Å². The van der Waals surface area contributed by atoms with E-state index in [1.165, 1.54) is 11.6 Å². The number of nitrogens with zero attached hydrogens (tertiary/aromatic N) is 1. The highest BCUT2D eigenvalue weighted by Gasteiger charge is 2.23. The van der Waals surface area contributed by atoms with Crippen LogP contribution in [-0.2, 0) is 16.8 Å². The van der Waals surface area contributed by atoms with E-state index in [0.29, 0.717) is 13.0 Å². The third-order valence-electron chi connectivity index (χ3n) is 4.61. The Labute approximate surface area is 149 Å². The largest absolute Gasteiger partial charge is 0.354 e. The van der Waals surface area contributed by atoms with Crippen molar-refractivity contribution >= 4 is 5.91 Å². The first-order valence-corrected chi connectivity index (χ1v) is 8.81. The maximum Gasteiger partial charge on any atom is 0.250 e. The van der Waals surface area contributed by atoms with E-state index < -0.39 is 0 Å². The zero-order chi connectivity index (χ0) is 18.4. The van der Waals surface area contributed by atoms with Gasteiger partial charge in [0.15, 0.2) is 0 Å². The first kappa shape index (κ1) is 19.0. The molecule has 0 saturated heterocycles. The number of hydrogen-bond donors (Lipinski definition) is 1. The third kappa shape index (κ3) is 5.31. The average molecular weight is 340 g/mol. The molecule has 0 aliphatic rings. The molecule has 0 aliphatic carbocycles. The molecule has 0 aliphatic heterocycles. The highest BCUT2D eigenvalue weighted by Crippen LogP contribution is 2.28. The first-order valence-electron chi connectivity index (χ1n) is 8.81. The minimum absolute atomic E-state index is 0.0130. The fourth-order valence-electron chi connectivity index (χ4n) is 3.29. The Hall–Kier alpha value is -2.36. The summed E-state index contributed by atoms with van der Waals surface area (Å²) in [5.41, 5.74) is 2.06. The summed E-state index contributed by atoms with van der Waals surface area (Å²) >= 11 is 0. The van der Waals surface area contributed by atoms with Crippen molar-refractivity contribution in [3.8, 4) is 0 Å². The number of pyridine rings is 1. The number of aromatic nitrogens is 1. The van der Waals surface area contributed by atoms with Crippen molar-refractivity contribution in [1.29, 1.82) is 0 Å². The Morgan fingerprint density at radius 1 is 1.12 bits per heavy atom. The Morgan fingerprint density at radius 2 is 1.80 bits per heavy atom. The van der Waals surface area contributed by atoms with Crippen LogP contribution < -0.4 is 10.9 Å². The van der Waals surface area contributed by atoms with E-state index >= 15 is 0 Å². The summed E-state index contributed by atoms with van der Waals surface area (Å²) in [4.78, 5) is 24.1. The molecular weight excluding hydrogens is 312 g/mol. The van der Waals surface area contributed by atoms with E-state index in [9.17, 15) is 9.59 Å². The van der Waals surface area contributed by atoms with Gasteiger partial charge in [-0.3, -0.25) is 9.59 Å².